The Kier molecular flexibility index (Phi) is 6.33. The normalized spacial score (nSPS) is 11.7. The molecule has 0 aliphatic rings. The molecule has 0 aliphatic carbocycles. The number of amides is 1. The third-order valence-electron chi connectivity index (χ3n) is 4.55. The van der Waals surface area contributed by atoms with Gasteiger partial charge in [0, 0.05) is 18.2 Å². The number of aliphatic imine (C=N–C) groups is 1. The Hall–Kier alpha value is -2.73. The topological polar surface area (TPSA) is 70.7 Å². The van der Waals surface area contributed by atoms with Gasteiger partial charge in [-0.2, -0.15) is 0 Å². The van der Waals surface area contributed by atoms with E-state index in [4.69, 9.17) is 5.84 Å². The van der Waals surface area contributed by atoms with Crippen LogP contribution in [-0.4, -0.2) is 24.8 Å². The van der Waals surface area contributed by atoms with Crippen molar-refractivity contribution in [3.8, 4) is 11.1 Å². The highest BCUT2D eigenvalue weighted by Crippen LogP contribution is 2.28. The van der Waals surface area contributed by atoms with Crippen molar-refractivity contribution in [1.82, 2.24) is 5.32 Å². The Bertz CT molecular complexity index is 861. The van der Waals surface area contributed by atoms with Gasteiger partial charge in [-0.1, -0.05) is 13.0 Å². The molecule has 6 heteroatoms. The largest absolute Gasteiger partial charge is 0.347 e. The molecule has 0 aliphatic heterocycles. The summed E-state index contributed by atoms with van der Waals surface area (Å²) in [5, 5.41) is 4.38. The van der Waals surface area contributed by atoms with Crippen LogP contribution in [0.3, 0.4) is 0 Å². The number of rotatable bonds is 6. The van der Waals surface area contributed by atoms with Crippen molar-refractivity contribution in [2.45, 2.75) is 39.7 Å². The number of hydrazine groups is 1. The van der Waals surface area contributed by atoms with Crippen LogP contribution in [0.2, 0.25) is 0 Å². The quantitative estimate of drug-likeness (QED) is 0.349. The first kappa shape index (κ1) is 20.6. The van der Waals surface area contributed by atoms with Crippen molar-refractivity contribution in [3.05, 3.63) is 53.3 Å². The van der Waals surface area contributed by atoms with Gasteiger partial charge in [-0.25, -0.2) is 10.2 Å². The number of nitrogens with one attached hydrogen (secondary N) is 1. The number of anilines is 1. The van der Waals surface area contributed by atoms with Gasteiger partial charge in [-0.3, -0.25) is 14.8 Å². The van der Waals surface area contributed by atoms with E-state index in [9.17, 15) is 9.18 Å². The summed E-state index contributed by atoms with van der Waals surface area (Å²) < 4.78 is 13.6. The molecule has 0 unspecified atom stereocenters. The second-order valence-electron chi connectivity index (χ2n) is 7.21. The zero-order valence-corrected chi connectivity index (χ0v) is 16.5. The second-order valence-corrected chi connectivity index (χ2v) is 7.21. The smallest absolute Gasteiger partial charge is 0.251 e. The molecule has 0 saturated heterocycles. The number of benzene rings is 2. The van der Waals surface area contributed by atoms with E-state index in [0.29, 0.717) is 16.8 Å². The van der Waals surface area contributed by atoms with Crippen LogP contribution >= 0.6 is 0 Å². The van der Waals surface area contributed by atoms with Crippen molar-refractivity contribution in [1.29, 1.82) is 0 Å². The standard InChI is InChI=1S/C21H27FN4O/c1-6-21(3,4)25-20(27)17-10-16(11-18(12-17)26(23)13-24-5)15-7-8-19(22)14(2)9-15/h7-13H,6,23H2,1-5H3,(H,25,27). The molecule has 0 heterocycles. The molecule has 0 spiro atoms. The molecule has 2 aromatic rings. The van der Waals surface area contributed by atoms with Gasteiger partial charge in [0.25, 0.3) is 5.91 Å². The summed E-state index contributed by atoms with van der Waals surface area (Å²) in [6.07, 6.45) is 2.26. The van der Waals surface area contributed by atoms with E-state index in [1.54, 1.807) is 38.2 Å². The maximum absolute atomic E-state index is 13.6. The minimum Gasteiger partial charge on any atom is -0.347 e. The van der Waals surface area contributed by atoms with Crippen LogP contribution in [0.4, 0.5) is 10.1 Å². The van der Waals surface area contributed by atoms with Crippen LogP contribution in [0.25, 0.3) is 11.1 Å². The predicted molar refractivity (Wildman–Crippen MR) is 109 cm³/mol. The van der Waals surface area contributed by atoms with Gasteiger partial charge in [0.1, 0.15) is 12.2 Å². The third-order valence-corrected chi connectivity index (χ3v) is 4.55. The predicted octanol–water partition coefficient (Wildman–Crippen LogP) is 4.06. The highest BCUT2D eigenvalue weighted by Gasteiger charge is 2.20. The zero-order valence-electron chi connectivity index (χ0n) is 16.5. The molecule has 0 bridgehead atoms. The number of carbonyl (C=O) groups excluding carboxylic acids is 1. The summed E-state index contributed by atoms with van der Waals surface area (Å²) in [5.74, 6) is 5.56. The number of nitrogens with zero attached hydrogens (tertiary/aromatic N) is 2. The van der Waals surface area contributed by atoms with Crippen LogP contribution in [0.1, 0.15) is 43.1 Å². The minimum atomic E-state index is -0.326. The molecule has 0 saturated carbocycles. The van der Waals surface area contributed by atoms with E-state index in [1.807, 2.05) is 26.8 Å². The first-order valence-electron chi connectivity index (χ1n) is 8.87. The van der Waals surface area contributed by atoms with E-state index < -0.39 is 0 Å². The van der Waals surface area contributed by atoms with Gasteiger partial charge in [-0.15, -0.1) is 0 Å². The highest BCUT2D eigenvalue weighted by atomic mass is 19.1. The molecule has 27 heavy (non-hydrogen) atoms. The maximum atomic E-state index is 13.6. The van der Waals surface area contributed by atoms with E-state index in [0.717, 1.165) is 17.5 Å². The fraction of sp³-hybridized carbons (Fsp3) is 0.333. The van der Waals surface area contributed by atoms with E-state index >= 15 is 0 Å². The summed E-state index contributed by atoms with van der Waals surface area (Å²) in [6.45, 7) is 7.66. The van der Waals surface area contributed by atoms with Crippen LogP contribution in [0.5, 0.6) is 0 Å². The second kappa shape index (κ2) is 8.31. The lowest BCUT2D eigenvalue weighted by Crippen LogP contribution is -2.42. The highest BCUT2D eigenvalue weighted by molar-refractivity contribution is 5.98. The molecule has 2 aromatic carbocycles. The summed E-state index contributed by atoms with van der Waals surface area (Å²) in [7, 11) is 1.62. The summed E-state index contributed by atoms with van der Waals surface area (Å²) in [4.78, 5) is 16.7. The lowest BCUT2D eigenvalue weighted by molar-refractivity contribution is 0.0911. The van der Waals surface area contributed by atoms with Crippen molar-refractivity contribution >= 4 is 17.9 Å². The Morgan fingerprint density at radius 3 is 2.56 bits per heavy atom. The number of hydrogen-bond donors (Lipinski definition) is 2. The van der Waals surface area contributed by atoms with Crippen LogP contribution in [0, 0.1) is 12.7 Å². The van der Waals surface area contributed by atoms with E-state index in [1.165, 1.54) is 17.4 Å². The zero-order chi connectivity index (χ0) is 20.2. The Balaban J connectivity index is 2.54. The monoisotopic (exact) mass is 370 g/mol. The van der Waals surface area contributed by atoms with Crippen molar-refractivity contribution in [3.63, 3.8) is 0 Å². The molecule has 1 amide bonds. The lowest BCUT2D eigenvalue weighted by Gasteiger charge is -2.25. The molecule has 0 atom stereocenters. The van der Waals surface area contributed by atoms with Gasteiger partial charge < -0.3 is 5.32 Å². The molecule has 3 N–H and O–H groups in total. The molecular formula is C21H27FN4O. The average molecular weight is 370 g/mol. The third kappa shape index (κ3) is 5.14. The number of carbonyl (C=O) groups is 1. The minimum absolute atomic E-state index is 0.189. The van der Waals surface area contributed by atoms with Crippen molar-refractivity contribution in [2.75, 3.05) is 12.1 Å². The summed E-state index contributed by atoms with van der Waals surface area (Å²) in [5.41, 5.74) is 2.88. The number of nitrogens with two attached hydrogens (primary N) is 1. The Morgan fingerprint density at radius 1 is 1.26 bits per heavy atom. The van der Waals surface area contributed by atoms with E-state index in [-0.39, 0.29) is 17.3 Å². The fourth-order valence-corrected chi connectivity index (χ4v) is 2.54. The van der Waals surface area contributed by atoms with Crippen LogP contribution in [0.15, 0.2) is 41.4 Å². The van der Waals surface area contributed by atoms with Crippen LogP contribution < -0.4 is 16.2 Å². The average Bonchev–Trinajstić information content (AvgIpc) is 2.63. The SMILES string of the molecule is CCC(C)(C)NC(=O)c1cc(-c2ccc(F)c(C)c2)cc(N(N)C=NC)c1. The summed E-state index contributed by atoms with van der Waals surface area (Å²) in [6, 6.07) is 10.2. The fourth-order valence-electron chi connectivity index (χ4n) is 2.54. The number of aryl methyl sites for hydroxylation is 1. The molecule has 144 valence electrons. The van der Waals surface area contributed by atoms with Crippen molar-refractivity contribution < 1.29 is 9.18 Å². The number of halogens is 1. The van der Waals surface area contributed by atoms with Crippen molar-refractivity contribution in [2.24, 2.45) is 10.8 Å². The van der Waals surface area contributed by atoms with Gasteiger partial charge in [-0.05, 0) is 74.2 Å². The van der Waals surface area contributed by atoms with Crippen LogP contribution in [-0.2, 0) is 0 Å². The number of hydrogen-bond acceptors (Lipinski definition) is 3. The van der Waals surface area contributed by atoms with Gasteiger partial charge in [0.2, 0.25) is 0 Å². The van der Waals surface area contributed by atoms with Gasteiger partial charge in [0.05, 0.1) is 5.69 Å². The Morgan fingerprint density at radius 2 is 1.96 bits per heavy atom. The molecule has 0 fully saturated rings. The maximum Gasteiger partial charge on any atom is 0.251 e. The molecular weight excluding hydrogens is 343 g/mol. The molecule has 2 rings (SSSR count). The molecule has 0 aromatic heterocycles. The first-order valence-corrected chi connectivity index (χ1v) is 8.87. The van der Waals surface area contributed by atoms with Gasteiger partial charge in [0.15, 0.2) is 0 Å². The van der Waals surface area contributed by atoms with Gasteiger partial charge >= 0.3 is 0 Å². The molecule has 5 nitrogen and oxygen atoms in total. The first-order chi connectivity index (χ1) is 12.7. The van der Waals surface area contributed by atoms with E-state index in [2.05, 4.69) is 10.3 Å². The lowest BCUT2D eigenvalue weighted by atomic mass is 9.98. The summed E-state index contributed by atoms with van der Waals surface area (Å²) >= 11 is 0. The molecule has 0 radical (unpaired) electrons. The Labute approximate surface area is 160 Å².